The van der Waals surface area contributed by atoms with E-state index in [1.165, 1.54) is 17.7 Å². The van der Waals surface area contributed by atoms with E-state index in [-0.39, 0.29) is 17.9 Å². The van der Waals surface area contributed by atoms with E-state index in [4.69, 9.17) is 0 Å². The van der Waals surface area contributed by atoms with Crippen LogP contribution in [0.15, 0.2) is 48.5 Å². The van der Waals surface area contributed by atoms with Crippen LogP contribution in [0.5, 0.6) is 0 Å². The SMILES string of the molecule is CCc1ccc([C@@H](CNC(=O)Nc2cccc(F)c2)N(C)C)cc1. The van der Waals surface area contributed by atoms with Crippen LogP contribution >= 0.6 is 0 Å². The molecule has 2 amide bonds. The summed E-state index contributed by atoms with van der Waals surface area (Å²) in [5.74, 6) is -0.380. The molecule has 0 unspecified atom stereocenters. The summed E-state index contributed by atoms with van der Waals surface area (Å²) in [7, 11) is 3.95. The number of halogens is 1. The third-order valence-electron chi connectivity index (χ3n) is 3.93. The summed E-state index contributed by atoms with van der Waals surface area (Å²) >= 11 is 0. The van der Waals surface area contributed by atoms with Crippen molar-refractivity contribution in [1.29, 1.82) is 0 Å². The van der Waals surface area contributed by atoms with Crippen molar-refractivity contribution in [3.05, 3.63) is 65.5 Å². The first kappa shape index (κ1) is 17.9. The molecule has 0 heterocycles. The molecule has 1 atom stereocenters. The van der Waals surface area contributed by atoms with Gasteiger partial charge in [0.05, 0.1) is 6.04 Å². The highest BCUT2D eigenvalue weighted by atomic mass is 19.1. The van der Waals surface area contributed by atoms with Crippen LogP contribution in [0.1, 0.15) is 24.1 Å². The Morgan fingerprint density at radius 2 is 1.88 bits per heavy atom. The lowest BCUT2D eigenvalue weighted by Gasteiger charge is -2.25. The summed E-state index contributed by atoms with van der Waals surface area (Å²) in [6.45, 7) is 2.58. The van der Waals surface area contributed by atoms with Crippen LogP contribution in [0.2, 0.25) is 0 Å². The average Bonchev–Trinajstić information content (AvgIpc) is 2.55. The van der Waals surface area contributed by atoms with Crippen LogP contribution in [0, 0.1) is 5.82 Å². The Kier molecular flexibility index (Phi) is 6.32. The lowest BCUT2D eigenvalue weighted by atomic mass is 10.0. The van der Waals surface area contributed by atoms with Gasteiger partial charge in [0.15, 0.2) is 0 Å². The van der Waals surface area contributed by atoms with Crippen LogP contribution in [0.25, 0.3) is 0 Å². The molecule has 2 rings (SSSR count). The van der Waals surface area contributed by atoms with E-state index in [0.29, 0.717) is 12.2 Å². The van der Waals surface area contributed by atoms with Gasteiger partial charge in [-0.05, 0) is 49.8 Å². The van der Waals surface area contributed by atoms with Crippen molar-refractivity contribution in [3.63, 3.8) is 0 Å². The lowest BCUT2D eigenvalue weighted by Crippen LogP contribution is -2.36. The van der Waals surface area contributed by atoms with E-state index in [0.717, 1.165) is 12.0 Å². The van der Waals surface area contributed by atoms with Gasteiger partial charge in [0.25, 0.3) is 0 Å². The molecule has 5 heteroatoms. The minimum atomic E-state index is -0.380. The number of anilines is 1. The molecule has 0 spiro atoms. The Morgan fingerprint density at radius 1 is 1.17 bits per heavy atom. The molecule has 0 radical (unpaired) electrons. The number of carbonyl (C=O) groups is 1. The zero-order valence-electron chi connectivity index (χ0n) is 14.3. The van der Waals surface area contributed by atoms with Crippen molar-refractivity contribution >= 4 is 11.7 Å². The molecule has 0 saturated heterocycles. The number of hydrogen-bond donors (Lipinski definition) is 2. The number of hydrogen-bond acceptors (Lipinski definition) is 2. The van der Waals surface area contributed by atoms with E-state index in [1.54, 1.807) is 12.1 Å². The number of amides is 2. The number of aryl methyl sites for hydroxylation is 1. The molecule has 128 valence electrons. The predicted octanol–water partition coefficient (Wildman–Crippen LogP) is 3.81. The number of nitrogens with zero attached hydrogens (tertiary/aromatic N) is 1. The number of rotatable bonds is 6. The van der Waals surface area contributed by atoms with Gasteiger partial charge in [0.1, 0.15) is 5.82 Å². The Labute approximate surface area is 142 Å². The molecule has 2 aromatic rings. The summed E-state index contributed by atoms with van der Waals surface area (Å²) < 4.78 is 13.1. The second-order valence-corrected chi connectivity index (χ2v) is 5.92. The van der Waals surface area contributed by atoms with Crippen molar-refractivity contribution < 1.29 is 9.18 Å². The minimum absolute atomic E-state index is 0.0640. The highest BCUT2D eigenvalue weighted by molar-refractivity contribution is 5.89. The average molecular weight is 329 g/mol. The smallest absolute Gasteiger partial charge is 0.319 e. The quantitative estimate of drug-likeness (QED) is 0.846. The van der Waals surface area contributed by atoms with Gasteiger partial charge >= 0.3 is 6.03 Å². The first-order valence-electron chi connectivity index (χ1n) is 8.05. The van der Waals surface area contributed by atoms with E-state index >= 15 is 0 Å². The van der Waals surface area contributed by atoms with Crippen LogP contribution in [0.4, 0.5) is 14.9 Å². The molecule has 2 aromatic carbocycles. The Balaban J connectivity index is 1.96. The van der Waals surface area contributed by atoms with Gasteiger partial charge in [0, 0.05) is 12.2 Å². The van der Waals surface area contributed by atoms with E-state index in [1.807, 2.05) is 14.1 Å². The minimum Gasteiger partial charge on any atom is -0.336 e. The second kappa shape index (κ2) is 8.45. The van der Waals surface area contributed by atoms with Crippen molar-refractivity contribution in [2.24, 2.45) is 0 Å². The lowest BCUT2D eigenvalue weighted by molar-refractivity contribution is 0.243. The van der Waals surface area contributed by atoms with Crippen molar-refractivity contribution in [1.82, 2.24) is 10.2 Å². The molecular formula is C19H24FN3O. The predicted molar refractivity (Wildman–Crippen MR) is 95.7 cm³/mol. The summed E-state index contributed by atoms with van der Waals surface area (Å²) in [4.78, 5) is 14.1. The second-order valence-electron chi connectivity index (χ2n) is 5.92. The fourth-order valence-electron chi connectivity index (χ4n) is 2.50. The van der Waals surface area contributed by atoms with E-state index < -0.39 is 0 Å². The summed E-state index contributed by atoms with van der Waals surface area (Å²) in [6, 6.07) is 13.9. The standard InChI is InChI=1S/C19H24FN3O/c1-4-14-8-10-15(11-9-14)18(23(2)3)13-21-19(24)22-17-7-5-6-16(20)12-17/h5-12,18H,4,13H2,1-3H3,(H2,21,22,24)/t18-/m1/s1. The van der Waals surface area contributed by atoms with Gasteiger partial charge in [-0.1, -0.05) is 37.3 Å². The molecule has 0 aromatic heterocycles. The Bertz CT molecular complexity index is 671. The molecule has 0 aliphatic heterocycles. The van der Waals surface area contributed by atoms with Gasteiger partial charge in [0.2, 0.25) is 0 Å². The fourth-order valence-corrected chi connectivity index (χ4v) is 2.50. The maximum Gasteiger partial charge on any atom is 0.319 e. The largest absolute Gasteiger partial charge is 0.336 e. The van der Waals surface area contributed by atoms with Gasteiger partial charge in [-0.3, -0.25) is 0 Å². The summed E-state index contributed by atoms with van der Waals surface area (Å²) in [6.07, 6.45) is 1.00. The number of carbonyl (C=O) groups excluding carboxylic acids is 1. The molecule has 0 aliphatic rings. The fraction of sp³-hybridized carbons (Fsp3) is 0.316. The number of likely N-dealkylation sites (N-methyl/N-ethyl adjacent to an activating group) is 1. The molecule has 0 bridgehead atoms. The zero-order chi connectivity index (χ0) is 17.5. The van der Waals surface area contributed by atoms with Crippen LogP contribution in [0.3, 0.4) is 0 Å². The van der Waals surface area contributed by atoms with Gasteiger partial charge in [-0.15, -0.1) is 0 Å². The van der Waals surface area contributed by atoms with E-state index in [2.05, 4.69) is 46.7 Å². The molecule has 24 heavy (non-hydrogen) atoms. The van der Waals surface area contributed by atoms with Crippen LogP contribution in [-0.4, -0.2) is 31.6 Å². The molecular weight excluding hydrogens is 305 g/mol. The van der Waals surface area contributed by atoms with E-state index in [9.17, 15) is 9.18 Å². The molecule has 2 N–H and O–H groups in total. The first-order valence-corrected chi connectivity index (χ1v) is 8.05. The number of benzene rings is 2. The first-order chi connectivity index (χ1) is 11.5. The zero-order valence-corrected chi connectivity index (χ0v) is 14.3. The number of urea groups is 1. The molecule has 0 aliphatic carbocycles. The van der Waals surface area contributed by atoms with Gasteiger partial charge in [-0.2, -0.15) is 0 Å². The monoisotopic (exact) mass is 329 g/mol. The third-order valence-corrected chi connectivity index (χ3v) is 3.93. The maximum absolute atomic E-state index is 13.1. The molecule has 0 fully saturated rings. The Hall–Kier alpha value is -2.40. The maximum atomic E-state index is 13.1. The Morgan fingerprint density at radius 3 is 2.46 bits per heavy atom. The van der Waals surface area contributed by atoms with Crippen molar-refractivity contribution in [2.75, 3.05) is 26.0 Å². The van der Waals surface area contributed by atoms with Gasteiger partial charge in [-0.25, -0.2) is 9.18 Å². The van der Waals surface area contributed by atoms with Gasteiger partial charge < -0.3 is 15.5 Å². The summed E-state index contributed by atoms with van der Waals surface area (Å²) in [5, 5.41) is 5.48. The highest BCUT2D eigenvalue weighted by Gasteiger charge is 2.15. The van der Waals surface area contributed by atoms with Crippen molar-refractivity contribution in [2.45, 2.75) is 19.4 Å². The topological polar surface area (TPSA) is 44.4 Å². The summed E-state index contributed by atoms with van der Waals surface area (Å²) in [5.41, 5.74) is 2.86. The molecule has 4 nitrogen and oxygen atoms in total. The third kappa shape index (κ3) is 5.06. The molecule has 0 saturated carbocycles. The van der Waals surface area contributed by atoms with Crippen LogP contribution < -0.4 is 10.6 Å². The van der Waals surface area contributed by atoms with Crippen molar-refractivity contribution in [3.8, 4) is 0 Å². The normalized spacial score (nSPS) is 12.0. The number of nitrogens with one attached hydrogen (secondary N) is 2. The highest BCUT2D eigenvalue weighted by Crippen LogP contribution is 2.18. The van der Waals surface area contributed by atoms with Crippen LogP contribution in [-0.2, 0) is 6.42 Å².